The van der Waals surface area contributed by atoms with Crippen molar-refractivity contribution in [2.75, 3.05) is 63.4 Å². The number of sulfone groups is 1. The highest BCUT2D eigenvalue weighted by atomic mass is 32.2. The van der Waals surface area contributed by atoms with Gasteiger partial charge in [0.15, 0.2) is 21.3 Å². The maximum Gasteiger partial charge on any atom is 0.244 e. The Bertz CT molecular complexity index is 1490. The third-order valence-corrected chi connectivity index (χ3v) is 8.85. The predicted molar refractivity (Wildman–Crippen MR) is 157 cm³/mol. The number of rotatable bonds is 11. The molecule has 1 atom stereocenters. The zero-order valence-corrected chi connectivity index (χ0v) is 23.9. The Kier molecular flexibility index (Phi) is 9.32. The molecule has 2 fully saturated rings. The average molecular weight is 582 g/mol. The molecule has 0 bridgehead atoms. The highest BCUT2D eigenvalue weighted by Gasteiger charge is 2.28. The number of nitrogens with one attached hydrogen (secondary N) is 2. The number of aromatic nitrogens is 2. The number of anilines is 2. The number of morpholine rings is 1. The fraction of sp³-hybridized carbons (Fsp3) is 0.414. The predicted octanol–water partition coefficient (Wildman–Crippen LogP) is 2.80. The van der Waals surface area contributed by atoms with Crippen LogP contribution in [0, 0.1) is 0 Å². The Balaban J connectivity index is 1.19. The number of ether oxygens (including phenoxy) is 3. The summed E-state index contributed by atoms with van der Waals surface area (Å²) in [5, 5.41) is 6.87. The summed E-state index contributed by atoms with van der Waals surface area (Å²) >= 11 is 0. The van der Waals surface area contributed by atoms with Crippen molar-refractivity contribution in [1.82, 2.24) is 20.2 Å². The fourth-order valence-electron chi connectivity index (χ4n) is 4.88. The number of carbonyl (C=O) groups is 1. The Hall–Kier alpha value is -3.74. The van der Waals surface area contributed by atoms with Gasteiger partial charge >= 0.3 is 0 Å². The molecule has 2 N–H and O–H groups in total. The highest BCUT2D eigenvalue weighted by Crippen LogP contribution is 2.35. The Morgan fingerprint density at radius 2 is 1.95 bits per heavy atom. The van der Waals surface area contributed by atoms with E-state index in [9.17, 15) is 13.2 Å². The lowest BCUT2D eigenvalue weighted by molar-refractivity contribution is -0.116. The van der Waals surface area contributed by atoms with Gasteiger partial charge in [-0.15, -0.1) is 0 Å². The number of benzene rings is 2. The van der Waals surface area contributed by atoms with Crippen LogP contribution < -0.4 is 20.1 Å². The lowest BCUT2D eigenvalue weighted by atomic mass is 10.1. The summed E-state index contributed by atoms with van der Waals surface area (Å²) in [7, 11) is -1.43. The third kappa shape index (κ3) is 7.93. The summed E-state index contributed by atoms with van der Waals surface area (Å²) in [4.78, 5) is 23.4. The van der Waals surface area contributed by atoms with Gasteiger partial charge in [-0.3, -0.25) is 9.69 Å². The molecule has 0 radical (unpaired) electrons. The van der Waals surface area contributed by atoms with Gasteiger partial charge in [0.2, 0.25) is 5.91 Å². The molecule has 2 aliphatic rings. The monoisotopic (exact) mass is 581 g/mol. The van der Waals surface area contributed by atoms with Crippen LogP contribution in [0.3, 0.4) is 0 Å². The van der Waals surface area contributed by atoms with Crippen LogP contribution in [-0.4, -0.2) is 93.3 Å². The summed E-state index contributed by atoms with van der Waals surface area (Å²) < 4.78 is 40.2. The lowest BCUT2D eigenvalue weighted by Gasteiger charge is -2.26. The van der Waals surface area contributed by atoms with Crippen molar-refractivity contribution in [3.63, 3.8) is 0 Å². The molecule has 1 aromatic heterocycles. The van der Waals surface area contributed by atoms with Gasteiger partial charge in [0.1, 0.15) is 12.1 Å². The molecule has 5 rings (SSSR count). The molecule has 0 spiro atoms. The minimum absolute atomic E-state index is 0.000237. The first-order valence-corrected chi connectivity index (χ1v) is 15.5. The van der Waals surface area contributed by atoms with Gasteiger partial charge in [-0.25, -0.2) is 18.4 Å². The number of methoxy groups -OCH3 is 1. The molecule has 218 valence electrons. The molecule has 2 aliphatic heterocycles. The minimum atomic E-state index is -3.04. The quantitative estimate of drug-likeness (QED) is 0.257. The van der Waals surface area contributed by atoms with Crippen molar-refractivity contribution in [3.8, 4) is 11.5 Å². The molecular formula is C29H35N5O6S. The van der Waals surface area contributed by atoms with Crippen molar-refractivity contribution in [1.29, 1.82) is 0 Å². The Morgan fingerprint density at radius 1 is 1.15 bits per heavy atom. The number of hydrogen-bond acceptors (Lipinski definition) is 10. The first kappa shape index (κ1) is 28.8. The second-order valence-electron chi connectivity index (χ2n) is 10.1. The van der Waals surface area contributed by atoms with E-state index in [1.165, 1.54) is 12.4 Å². The van der Waals surface area contributed by atoms with Gasteiger partial charge < -0.3 is 24.8 Å². The largest absolute Gasteiger partial charge is 0.493 e. The molecule has 1 unspecified atom stereocenters. The number of fused-ring (bicyclic) bond motifs is 1. The summed E-state index contributed by atoms with van der Waals surface area (Å²) in [6.45, 7) is 5.02. The number of carbonyl (C=O) groups excluding carboxylic acids is 1. The maximum atomic E-state index is 12.2. The Morgan fingerprint density at radius 3 is 2.68 bits per heavy atom. The van der Waals surface area contributed by atoms with Crippen LogP contribution in [0.25, 0.3) is 17.0 Å². The summed E-state index contributed by atoms with van der Waals surface area (Å²) in [5.74, 6) is 1.68. The van der Waals surface area contributed by atoms with E-state index in [0.29, 0.717) is 30.3 Å². The van der Waals surface area contributed by atoms with Crippen molar-refractivity contribution >= 4 is 44.2 Å². The molecule has 2 aromatic carbocycles. The van der Waals surface area contributed by atoms with E-state index in [4.69, 9.17) is 14.2 Å². The fourth-order valence-corrected chi connectivity index (χ4v) is 6.55. The van der Waals surface area contributed by atoms with Gasteiger partial charge in [0.25, 0.3) is 0 Å². The van der Waals surface area contributed by atoms with E-state index in [1.54, 1.807) is 13.2 Å². The summed E-state index contributed by atoms with van der Waals surface area (Å²) in [6, 6.07) is 10.9. The van der Waals surface area contributed by atoms with Crippen molar-refractivity contribution in [2.45, 2.75) is 18.9 Å². The lowest BCUT2D eigenvalue weighted by Crippen LogP contribution is -2.37. The van der Waals surface area contributed by atoms with Crippen molar-refractivity contribution < 1.29 is 27.4 Å². The Labute approximate surface area is 239 Å². The van der Waals surface area contributed by atoms with Crippen LogP contribution in [-0.2, 0) is 19.4 Å². The molecule has 0 aliphatic carbocycles. The second kappa shape index (κ2) is 13.3. The molecule has 1 amide bonds. The van der Waals surface area contributed by atoms with E-state index < -0.39 is 9.84 Å². The van der Waals surface area contributed by atoms with Crippen molar-refractivity contribution in [3.05, 3.63) is 54.4 Å². The van der Waals surface area contributed by atoms with E-state index in [-0.39, 0.29) is 23.5 Å². The SMILES string of the molecule is COc1cc2c(Nc3ccc(C=CC(=O)NC4CCS(=O)(=O)C4)cc3)ncnc2cc1OCCCN1CCOCC1. The van der Waals surface area contributed by atoms with E-state index >= 15 is 0 Å². The van der Waals surface area contributed by atoms with Gasteiger partial charge in [0, 0.05) is 48.9 Å². The highest BCUT2D eigenvalue weighted by molar-refractivity contribution is 7.91. The smallest absolute Gasteiger partial charge is 0.244 e. The molecule has 3 heterocycles. The zero-order chi connectivity index (χ0) is 28.7. The standard InChI is InChI=1S/C29H35N5O6S/c1-38-26-17-24-25(18-27(26)40-13-2-10-34-11-14-39-15-12-34)30-20-31-29(24)33-22-6-3-21(4-7-22)5-8-28(35)32-23-9-16-41(36,37)19-23/h3-8,17-18,20,23H,2,9-16,19H2,1H3,(H,32,35)(H,30,31,33). The summed E-state index contributed by atoms with van der Waals surface area (Å²) in [6.07, 6.45) is 5.97. The molecular weight excluding hydrogens is 546 g/mol. The zero-order valence-electron chi connectivity index (χ0n) is 23.0. The summed E-state index contributed by atoms with van der Waals surface area (Å²) in [5.41, 5.74) is 2.37. The first-order valence-electron chi connectivity index (χ1n) is 13.7. The van der Waals surface area contributed by atoms with Gasteiger partial charge in [-0.05, 0) is 42.7 Å². The van der Waals surface area contributed by atoms with Crippen LogP contribution in [0.15, 0.2) is 48.8 Å². The molecule has 12 heteroatoms. The number of nitrogens with zero attached hydrogens (tertiary/aromatic N) is 3. The van der Waals surface area contributed by atoms with Crippen LogP contribution in [0.5, 0.6) is 11.5 Å². The molecule has 2 saturated heterocycles. The van der Waals surface area contributed by atoms with Gasteiger partial charge in [-0.2, -0.15) is 0 Å². The topological polar surface area (TPSA) is 132 Å². The average Bonchev–Trinajstić information content (AvgIpc) is 3.32. The van der Waals surface area contributed by atoms with Gasteiger partial charge in [-0.1, -0.05) is 12.1 Å². The normalized spacial score (nSPS) is 18.9. The minimum Gasteiger partial charge on any atom is -0.493 e. The number of hydrogen-bond donors (Lipinski definition) is 2. The second-order valence-corrected chi connectivity index (χ2v) is 12.3. The number of amides is 1. The maximum absolute atomic E-state index is 12.2. The van der Waals surface area contributed by atoms with E-state index in [0.717, 1.165) is 61.4 Å². The molecule has 11 nitrogen and oxygen atoms in total. The first-order chi connectivity index (χ1) is 19.9. The van der Waals surface area contributed by atoms with E-state index in [2.05, 4.69) is 25.5 Å². The van der Waals surface area contributed by atoms with Crippen molar-refractivity contribution in [2.24, 2.45) is 0 Å². The van der Waals surface area contributed by atoms with Crippen LogP contribution in [0.2, 0.25) is 0 Å². The van der Waals surface area contributed by atoms with Crippen LogP contribution in [0.4, 0.5) is 11.5 Å². The van der Waals surface area contributed by atoms with E-state index in [1.807, 2.05) is 36.4 Å². The van der Waals surface area contributed by atoms with Crippen LogP contribution >= 0.6 is 0 Å². The third-order valence-electron chi connectivity index (χ3n) is 7.08. The van der Waals surface area contributed by atoms with Gasteiger partial charge in [0.05, 0.1) is 44.0 Å². The molecule has 0 saturated carbocycles. The molecule has 41 heavy (non-hydrogen) atoms. The molecule has 3 aromatic rings. The van der Waals surface area contributed by atoms with Crippen LogP contribution in [0.1, 0.15) is 18.4 Å².